The van der Waals surface area contributed by atoms with Gasteiger partial charge in [0.2, 0.25) is 0 Å². The average molecular weight is 1260 g/mol. The summed E-state index contributed by atoms with van der Waals surface area (Å²) in [4.78, 5) is 98.7. The van der Waals surface area contributed by atoms with Gasteiger partial charge in [0, 0.05) is 56.1 Å². The number of hydrogen-bond acceptors (Lipinski definition) is 14. The van der Waals surface area contributed by atoms with Crippen LogP contribution in [-0.2, 0) is 41.9 Å². The van der Waals surface area contributed by atoms with E-state index < -0.39 is 28.7 Å². The zero-order valence-electron chi connectivity index (χ0n) is 54.4. The molecule has 10 rings (SSSR count). The molecule has 0 fully saturated rings. The average Bonchev–Trinajstić information content (AvgIpc) is 0.749. The molecule has 0 saturated carbocycles. The van der Waals surface area contributed by atoms with Crippen LogP contribution in [0, 0.1) is 24.7 Å². The third kappa shape index (κ3) is 17.7. The van der Waals surface area contributed by atoms with Crippen molar-refractivity contribution in [3.05, 3.63) is 261 Å². The molecule has 0 amide bonds. The third-order valence-electron chi connectivity index (χ3n) is 15.6. The van der Waals surface area contributed by atoms with Gasteiger partial charge in [0.15, 0.2) is 23.1 Å². The molecule has 2 aliphatic carbocycles. The van der Waals surface area contributed by atoms with Crippen molar-refractivity contribution in [1.82, 2.24) is 0 Å². The molecule has 0 aromatic heterocycles. The first-order valence-corrected chi connectivity index (χ1v) is 29.9. The maximum Gasteiger partial charge on any atom is 0.333 e. The fraction of sp³-hybridized carbons (Fsp3) is 0.221. The van der Waals surface area contributed by atoms with Gasteiger partial charge in [-0.25, -0.2) is 9.59 Å². The van der Waals surface area contributed by atoms with Crippen LogP contribution < -0.4 is 21.3 Å². The molecule has 8 aromatic carbocycles. The van der Waals surface area contributed by atoms with E-state index in [1.807, 2.05) is 157 Å². The van der Waals surface area contributed by atoms with E-state index in [1.165, 1.54) is 6.92 Å². The van der Waals surface area contributed by atoms with Crippen LogP contribution in [0.1, 0.15) is 163 Å². The van der Waals surface area contributed by atoms with Gasteiger partial charge in [-0.05, 0) is 152 Å². The van der Waals surface area contributed by atoms with Crippen LogP contribution in [0.5, 0.6) is 0 Å². The van der Waals surface area contributed by atoms with Crippen LogP contribution in [0.4, 0.5) is 45.5 Å². The van der Waals surface area contributed by atoms with Crippen molar-refractivity contribution in [2.75, 3.05) is 21.3 Å². The number of carboxylic acid groups (broad SMARTS) is 2. The highest BCUT2D eigenvalue weighted by Gasteiger charge is 2.36. The van der Waals surface area contributed by atoms with E-state index in [0.29, 0.717) is 85.7 Å². The van der Waals surface area contributed by atoms with Crippen molar-refractivity contribution in [3.8, 4) is 0 Å². The Morgan fingerprint density at radius 1 is 0.430 bits per heavy atom. The molecule has 0 saturated heterocycles. The lowest BCUT2D eigenvalue weighted by atomic mass is 9.82. The minimum atomic E-state index is -0.935. The predicted octanol–water partition coefficient (Wildman–Crippen LogP) is 17.5. The third-order valence-corrected chi connectivity index (χ3v) is 15.6. The molecular formula is C77H81N4O12-. The lowest BCUT2D eigenvalue weighted by Gasteiger charge is -2.24. The SMILES string of the molecule is C.C=C(C)C(=O)O.C=C(C)C(=O)OCc1ccc(Nc2ccc(Nc3ccc(C)cc3)c3c2C(=O)c2ccccc2C3=O)cc1.CCC(C)(C)C(=O)O.CCC(C)(C)C(=O)OCc1ccc(Nc2ccc(Nc3ccc(C)cc3)c3c2C(=O)c2ccccc2C3=O)cc1.[2H-]. The van der Waals surface area contributed by atoms with E-state index in [-0.39, 0.29) is 56.7 Å². The van der Waals surface area contributed by atoms with Gasteiger partial charge in [-0.2, -0.15) is 0 Å². The van der Waals surface area contributed by atoms with E-state index in [2.05, 4.69) is 34.4 Å². The van der Waals surface area contributed by atoms with Crippen molar-refractivity contribution in [2.24, 2.45) is 10.8 Å². The van der Waals surface area contributed by atoms with Gasteiger partial charge >= 0.3 is 23.9 Å². The zero-order chi connectivity index (χ0) is 67.2. The second-order valence-electron chi connectivity index (χ2n) is 23.7. The number of nitrogens with one attached hydrogen (secondary N) is 4. The van der Waals surface area contributed by atoms with Gasteiger partial charge in [-0.1, -0.05) is 143 Å². The Bertz CT molecular complexity index is 4140. The summed E-state index contributed by atoms with van der Waals surface area (Å²) < 4.78 is 10.7. The maximum atomic E-state index is 13.8. The van der Waals surface area contributed by atoms with Gasteiger partial charge in [0.25, 0.3) is 0 Å². The number of ketones is 4. The topological polar surface area (TPSA) is 244 Å². The normalized spacial score (nSPS) is 11.6. The minimum absolute atomic E-state index is 0. The first-order chi connectivity index (χ1) is 43.6. The zero-order valence-corrected chi connectivity index (χ0v) is 53.4. The summed E-state index contributed by atoms with van der Waals surface area (Å²) in [5.74, 6) is -3.15. The smallest absolute Gasteiger partial charge is 0.333 e. The second-order valence-corrected chi connectivity index (χ2v) is 23.7. The van der Waals surface area contributed by atoms with Crippen LogP contribution in [-0.4, -0.2) is 57.2 Å². The van der Waals surface area contributed by atoms with E-state index in [0.717, 1.165) is 45.0 Å². The van der Waals surface area contributed by atoms with Crippen molar-refractivity contribution < 1.29 is 59.5 Å². The maximum absolute atomic E-state index is 13.8. The Kier molecular flexibility index (Phi) is 23.8. The van der Waals surface area contributed by atoms with Crippen molar-refractivity contribution in [3.63, 3.8) is 0 Å². The summed E-state index contributed by atoms with van der Waals surface area (Å²) in [7, 11) is 0. The first-order valence-electron chi connectivity index (χ1n) is 29.9. The number of aryl methyl sites for hydroxylation is 2. The highest BCUT2D eigenvalue weighted by Crippen LogP contribution is 2.41. The van der Waals surface area contributed by atoms with Crippen molar-refractivity contribution in [1.29, 1.82) is 0 Å². The lowest BCUT2D eigenvalue weighted by molar-refractivity contribution is -0.155. The first kappa shape index (κ1) is 71.1. The highest BCUT2D eigenvalue weighted by molar-refractivity contribution is 6.33. The Morgan fingerprint density at radius 3 is 0.935 bits per heavy atom. The number of aliphatic carboxylic acids is 2. The Labute approximate surface area is 545 Å². The number of esters is 2. The monoisotopic (exact) mass is 1250 g/mol. The predicted molar refractivity (Wildman–Crippen MR) is 368 cm³/mol. The molecule has 6 N–H and O–H groups in total. The number of rotatable bonds is 18. The van der Waals surface area contributed by atoms with E-state index in [1.54, 1.807) is 75.4 Å². The minimum Gasteiger partial charge on any atom is -1.00 e. The molecule has 0 radical (unpaired) electrons. The molecule has 16 heteroatoms. The van der Waals surface area contributed by atoms with Gasteiger partial charge in [-0.15, -0.1) is 0 Å². The van der Waals surface area contributed by atoms with Crippen molar-refractivity contribution >= 4 is 92.5 Å². The number of ether oxygens (including phenoxy) is 2. The molecule has 0 spiro atoms. The highest BCUT2D eigenvalue weighted by atomic mass is 16.5. The Balaban J connectivity index is 0.000000278. The summed E-state index contributed by atoms with van der Waals surface area (Å²) in [6, 6.07) is 51.6. The molecule has 0 heterocycles. The molecule has 2 aliphatic rings. The van der Waals surface area contributed by atoms with Crippen molar-refractivity contribution in [2.45, 2.75) is 103 Å². The van der Waals surface area contributed by atoms with Gasteiger partial charge in [0.1, 0.15) is 13.2 Å². The van der Waals surface area contributed by atoms with E-state index in [9.17, 15) is 38.4 Å². The number of benzene rings is 8. The summed E-state index contributed by atoms with van der Waals surface area (Å²) in [5.41, 5.74) is 11.6. The van der Waals surface area contributed by atoms with Crippen LogP contribution in [0.15, 0.2) is 194 Å². The van der Waals surface area contributed by atoms with Gasteiger partial charge in [-0.3, -0.25) is 28.8 Å². The van der Waals surface area contributed by atoms with Gasteiger partial charge in [0.05, 0.1) is 55.8 Å². The number of hydrogen-bond donors (Lipinski definition) is 6. The molecule has 0 bridgehead atoms. The molecule has 0 unspecified atom stereocenters. The summed E-state index contributed by atoms with van der Waals surface area (Å²) in [5, 5.41) is 29.6. The molecule has 93 heavy (non-hydrogen) atoms. The molecular weight excluding hydrogens is 1170 g/mol. The number of carboxylic acids is 2. The fourth-order valence-corrected chi connectivity index (χ4v) is 9.04. The number of anilines is 8. The standard InChI is InChI=1S/C34H32N2O4.C32H26N2O4.C6H12O2.C4H6O2.CH4.H/c1-5-34(3,4)33(39)40-20-22-12-16-24(17-13-22)36-28-19-18-27(35-23-14-10-21(2)11-15-23)29-30(28)32(38)26-9-7-6-8-25(26)31(29)37;1-19(2)32(37)38-18-21-10-14-23(15-11-21)34-27-17-16-26(33-22-12-8-20(3)9-13-22)28-29(27)31(36)25-7-5-4-6-24(25)30(28)35;1-4-6(2,3)5(7)8;1-3(2)4(5)6;;/h6-19,35-36H,5,20H2,1-4H3;4-17,33-34H,1,18H2,2-3H3;4H2,1-3H3,(H,7,8);1H2,2H3,(H,5,6);1H4;/q;;;;;-1/i;;;;;1+1. The van der Waals surface area contributed by atoms with Crippen LogP contribution in [0.2, 0.25) is 0 Å². The van der Waals surface area contributed by atoms with Crippen LogP contribution in [0.25, 0.3) is 0 Å². The number of carbonyl (C=O) groups excluding carboxylic acids is 6. The number of fused-ring (bicyclic) bond motifs is 4. The van der Waals surface area contributed by atoms with E-state index in [4.69, 9.17) is 19.7 Å². The fourth-order valence-electron chi connectivity index (χ4n) is 9.04. The summed E-state index contributed by atoms with van der Waals surface area (Å²) in [6.07, 6.45) is 1.38. The lowest BCUT2D eigenvalue weighted by Crippen LogP contribution is -2.25. The van der Waals surface area contributed by atoms with Crippen LogP contribution in [0.3, 0.4) is 0 Å². The van der Waals surface area contributed by atoms with Crippen LogP contribution >= 0.6 is 0 Å². The quantitative estimate of drug-likeness (QED) is 0.0345. The Morgan fingerprint density at radius 2 is 0.699 bits per heavy atom. The Hall–Kier alpha value is -11.0. The summed E-state index contributed by atoms with van der Waals surface area (Å²) in [6.45, 7) is 25.1. The summed E-state index contributed by atoms with van der Waals surface area (Å²) >= 11 is 0. The number of carbonyl (C=O) groups is 8. The largest absolute Gasteiger partial charge is 1.00 e. The second kappa shape index (κ2) is 31.2. The molecule has 16 nitrogen and oxygen atoms in total. The van der Waals surface area contributed by atoms with E-state index >= 15 is 0 Å². The molecule has 482 valence electrons. The molecule has 0 aliphatic heterocycles. The van der Waals surface area contributed by atoms with Gasteiger partial charge < -0.3 is 42.4 Å². The molecule has 0 atom stereocenters. The molecule has 8 aromatic rings.